The SMILES string of the molecule is CN=C(NCCCN(C)C1CCCCC1)NC1CC1C.I. The minimum atomic E-state index is 0. The van der Waals surface area contributed by atoms with Crippen LogP contribution in [-0.2, 0) is 0 Å². The molecule has 2 atom stereocenters. The van der Waals surface area contributed by atoms with Gasteiger partial charge in [-0.3, -0.25) is 4.99 Å². The highest BCUT2D eigenvalue weighted by Gasteiger charge is 2.33. The van der Waals surface area contributed by atoms with Crippen molar-refractivity contribution >= 4 is 29.9 Å². The summed E-state index contributed by atoms with van der Waals surface area (Å²) in [7, 11) is 4.14. The molecule has 2 aliphatic rings. The summed E-state index contributed by atoms with van der Waals surface area (Å²) in [5.74, 6) is 1.78. The third kappa shape index (κ3) is 6.72. The second-order valence-electron chi connectivity index (χ2n) is 6.59. The third-order valence-corrected chi connectivity index (χ3v) is 4.83. The number of nitrogens with zero attached hydrogens (tertiary/aromatic N) is 2. The highest BCUT2D eigenvalue weighted by Crippen LogP contribution is 2.28. The van der Waals surface area contributed by atoms with Crippen molar-refractivity contribution in [2.24, 2.45) is 10.9 Å². The van der Waals surface area contributed by atoms with Crippen molar-refractivity contribution in [1.82, 2.24) is 15.5 Å². The summed E-state index contributed by atoms with van der Waals surface area (Å²) in [5, 5.41) is 6.90. The number of aliphatic imine (C=N–C) groups is 1. The molecule has 124 valence electrons. The predicted molar refractivity (Wildman–Crippen MR) is 102 cm³/mol. The molecule has 0 heterocycles. The first-order chi connectivity index (χ1) is 9.70. The summed E-state index contributed by atoms with van der Waals surface area (Å²) in [4.78, 5) is 6.85. The van der Waals surface area contributed by atoms with E-state index in [9.17, 15) is 0 Å². The zero-order chi connectivity index (χ0) is 14.4. The first kappa shape index (κ1) is 19.0. The van der Waals surface area contributed by atoms with Gasteiger partial charge in [0.25, 0.3) is 0 Å². The molecule has 0 radical (unpaired) electrons. The molecule has 21 heavy (non-hydrogen) atoms. The van der Waals surface area contributed by atoms with Crippen molar-refractivity contribution in [3.63, 3.8) is 0 Å². The van der Waals surface area contributed by atoms with E-state index in [1.165, 1.54) is 51.5 Å². The summed E-state index contributed by atoms with van der Waals surface area (Å²) in [6.45, 7) is 4.48. The molecule has 0 aliphatic heterocycles. The minimum Gasteiger partial charge on any atom is -0.356 e. The fourth-order valence-electron chi connectivity index (χ4n) is 3.13. The first-order valence-corrected chi connectivity index (χ1v) is 8.38. The Bertz CT molecular complexity index is 315. The van der Waals surface area contributed by atoms with Crippen molar-refractivity contribution in [3.8, 4) is 0 Å². The molecule has 0 amide bonds. The van der Waals surface area contributed by atoms with Gasteiger partial charge >= 0.3 is 0 Å². The van der Waals surface area contributed by atoms with Gasteiger partial charge in [0.15, 0.2) is 5.96 Å². The molecule has 0 aromatic carbocycles. The van der Waals surface area contributed by atoms with Gasteiger partial charge in [0, 0.05) is 25.7 Å². The Kier molecular flexibility index (Phi) is 8.94. The Morgan fingerprint density at radius 2 is 1.90 bits per heavy atom. The summed E-state index contributed by atoms with van der Waals surface area (Å²) in [6.07, 6.45) is 9.54. The Balaban J connectivity index is 0.00000220. The molecular weight excluding hydrogens is 375 g/mol. The second kappa shape index (κ2) is 9.87. The van der Waals surface area contributed by atoms with Crippen LogP contribution in [0.15, 0.2) is 4.99 Å². The van der Waals surface area contributed by atoms with Crippen molar-refractivity contribution in [1.29, 1.82) is 0 Å². The highest BCUT2D eigenvalue weighted by molar-refractivity contribution is 14.0. The first-order valence-electron chi connectivity index (χ1n) is 8.38. The lowest BCUT2D eigenvalue weighted by Crippen LogP contribution is -2.41. The van der Waals surface area contributed by atoms with Crippen LogP contribution in [0, 0.1) is 5.92 Å². The van der Waals surface area contributed by atoms with Gasteiger partial charge in [0.05, 0.1) is 0 Å². The maximum atomic E-state index is 4.29. The molecule has 0 aromatic rings. The van der Waals surface area contributed by atoms with Crippen LogP contribution >= 0.6 is 24.0 Å². The number of hydrogen-bond acceptors (Lipinski definition) is 2. The molecule has 2 unspecified atom stereocenters. The van der Waals surface area contributed by atoms with Crippen LogP contribution in [0.3, 0.4) is 0 Å². The number of halogens is 1. The number of nitrogens with one attached hydrogen (secondary N) is 2. The number of guanidine groups is 1. The van der Waals surface area contributed by atoms with E-state index in [0.717, 1.165) is 24.5 Å². The van der Waals surface area contributed by atoms with E-state index in [2.05, 4.69) is 34.5 Å². The van der Waals surface area contributed by atoms with E-state index >= 15 is 0 Å². The van der Waals surface area contributed by atoms with Crippen molar-refractivity contribution in [2.45, 2.75) is 64.0 Å². The van der Waals surface area contributed by atoms with Crippen molar-refractivity contribution < 1.29 is 0 Å². The molecular formula is C16H33IN4. The van der Waals surface area contributed by atoms with Crippen LogP contribution in [0.25, 0.3) is 0 Å². The number of hydrogen-bond donors (Lipinski definition) is 2. The smallest absolute Gasteiger partial charge is 0.191 e. The summed E-state index contributed by atoms with van der Waals surface area (Å²) in [6, 6.07) is 1.47. The predicted octanol–water partition coefficient (Wildman–Crippen LogP) is 2.83. The van der Waals surface area contributed by atoms with Gasteiger partial charge in [-0.15, -0.1) is 24.0 Å². The largest absolute Gasteiger partial charge is 0.356 e. The van der Waals surface area contributed by atoms with E-state index in [-0.39, 0.29) is 24.0 Å². The van der Waals surface area contributed by atoms with Gasteiger partial charge in [-0.05, 0) is 45.2 Å². The molecule has 2 aliphatic carbocycles. The molecule has 2 saturated carbocycles. The molecule has 0 aromatic heterocycles. The minimum absolute atomic E-state index is 0. The van der Waals surface area contributed by atoms with E-state index in [1.807, 2.05) is 7.05 Å². The van der Waals surface area contributed by atoms with Gasteiger partial charge in [-0.2, -0.15) is 0 Å². The monoisotopic (exact) mass is 408 g/mol. The van der Waals surface area contributed by atoms with E-state index in [4.69, 9.17) is 0 Å². The van der Waals surface area contributed by atoms with Crippen LogP contribution in [0.1, 0.15) is 51.9 Å². The summed E-state index contributed by atoms with van der Waals surface area (Å²) in [5.41, 5.74) is 0. The summed E-state index contributed by atoms with van der Waals surface area (Å²) < 4.78 is 0. The third-order valence-electron chi connectivity index (χ3n) is 4.83. The number of rotatable bonds is 6. The molecule has 0 spiro atoms. The maximum Gasteiger partial charge on any atom is 0.191 e. The zero-order valence-corrected chi connectivity index (χ0v) is 16.2. The zero-order valence-electron chi connectivity index (χ0n) is 13.9. The standard InChI is InChI=1S/C16H32N4.HI/c1-13-12-15(13)19-16(17-2)18-10-7-11-20(3)14-8-5-4-6-9-14;/h13-15H,4-12H2,1-3H3,(H2,17,18,19);1H. The van der Waals surface area contributed by atoms with Crippen LogP contribution in [0.5, 0.6) is 0 Å². The lowest BCUT2D eigenvalue weighted by Gasteiger charge is -2.31. The fourth-order valence-corrected chi connectivity index (χ4v) is 3.13. The maximum absolute atomic E-state index is 4.29. The van der Waals surface area contributed by atoms with Gasteiger partial charge in [0.2, 0.25) is 0 Å². The Morgan fingerprint density at radius 3 is 2.48 bits per heavy atom. The lowest BCUT2D eigenvalue weighted by molar-refractivity contribution is 0.190. The average molecular weight is 408 g/mol. The van der Waals surface area contributed by atoms with Crippen LogP contribution in [0.2, 0.25) is 0 Å². The van der Waals surface area contributed by atoms with E-state index in [0.29, 0.717) is 6.04 Å². The van der Waals surface area contributed by atoms with Crippen LogP contribution in [0.4, 0.5) is 0 Å². The summed E-state index contributed by atoms with van der Waals surface area (Å²) >= 11 is 0. The highest BCUT2D eigenvalue weighted by atomic mass is 127. The molecule has 0 saturated heterocycles. The van der Waals surface area contributed by atoms with Gasteiger partial charge in [-0.1, -0.05) is 26.2 Å². The molecule has 2 N–H and O–H groups in total. The van der Waals surface area contributed by atoms with E-state index in [1.54, 1.807) is 0 Å². The van der Waals surface area contributed by atoms with Crippen LogP contribution in [-0.4, -0.2) is 50.1 Å². The van der Waals surface area contributed by atoms with Gasteiger partial charge in [-0.25, -0.2) is 0 Å². The molecule has 4 nitrogen and oxygen atoms in total. The normalized spacial score (nSPS) is 26.4. The Labute approximate surface area is 147 Å². The Morgan fingerprint density at radius 1 is 1.24 bits per heavy atom. The quantitative estimate of drug-likeness (QED) is 0.307. The molecule has 2 fully saturated rings. The van der Waals surface area contributed by atoms with Gasteiger partial charge in [0.1, 0.15) is 0 Å². The topological polar surface area (TPSA) is 39.7 Å². The Hall–Kier alpha value is -0.0400. The lowest BCUT2D eigenvalue weighted by atomic mass is 9.94. The van der Waals surface area contributed by atoms with Crippen LogP contribution < -0.4 is 10.6 Å². The molecule has 5 heteroatoms. The fraction of sp³-hybridized carbons (Fsp3) is 0.938. The second-order valence-corrected chi connectivity index (χ2v) is 6.59. The molecule has 0 bridgehead atoms. The van der Waals surface area contributed by atoms with Crippen molar-refractivity contribution in [2.75, 3.05) is 27.2 Å². The molecule has 2 rings (SSSR count). The average Bonchev–Trinajstić information content (AvgIpc) is 3.18. The van der Waals surface area contributed by atoms with Crippen molar-refractivity contribution in [3.05, 3.63) is 0 Å². The van der Waals surface area contributed by atoms with Gasteiger partial charge < -0.3 is 15.5 Å². The van der Waals surface area contributed by atoms with E-state index < -0.39 is 0 Å².